The Kier molecular flexibility index (Phi) is 6.97. The highest BCUT2D eigenvalue weighted by molar-refractivity contribution is 5.96. The molecule has 0 spiro atoms. The van der Waals surface area contributed by atoms with Crippen LogP contribution >= 0.6 is 0 Å². The zero-order valence-electron chi connectivity index (χ0n) is 17.5. The van der Waals surface area contributed by atoms with Crippen LogP contribution in [0.3, 0.4) is 0 Å². The average molecular weight is 371 g/mol. The smallest absolute Gasteiger partial charge is 0.227 e. The van der Waals surface area contributed by atoms with Crippen LogP contribution in [0.2, 0.25) is 0 Å². The van der Waals surface area contributed by atoms with Gasteiger partial charge in [0.25, 0.3) is 0 Å². The molecule has 1 aliphatic carbocycles. The van der Waals surface area contributed by atoms with Crippen molar-refractivity contribution >= 4 is 11.6 Å². The van der Waals surface area contributed by atoms with E-state index in [0.29, 0.717) is 18.2 Å². The van der Waals surface area contributed by atoms with Crippen molar-refractivity contribution in [2.75, 3.05) is 4.90 Å². The first-order valence-corrected chi connectivity index (χ1v) is 11.1. The minimum Gasteiger partial charge on any atom is -0.327 e. The van der Waals surface area contributed by atoms with Crippen molar-refractivity contribution < 1.29 is 4.79 Å². The fraction of sp³-hybridized carbons (Fsp3) is 0.708. The molecule has 150 valence electrons. The van der Waals surface area contributed by atoms with E-state index in [-0.39, 0.29) is 12.1 Å². The Morgan fingerprint density at radius 3 is 2.67 bits per heavy atom. The number of anilines is 1. The number of carbonyl (C=O) groups is 1. The van der Waals surface area contributed by atoms with Gasteiger partial charge in [-0.25, -0.2) is 0 Å². The van der Waals surface area contributed by atoms with E-state index in [9.17, 15) is 4.79 Å². The van der Waals surface area contributed by atoms with E-state index in [1.54, 1.807) is 0 Å². The summed E-state index contributed by atoms with van der Waals surface area (Å²) in [7, 11) is 0. The highest BCUT2D eigenvalue weighted by Crippen LogP contribution is 2.35. The van der Waals surface area contributed by atoms with E-state index < -0.39 is 0 Å². The van der Waals surface area contributed by atoms with Crippen LogP contribution in [0.1, 0.15) is 83.3 Å². The zero-order chi connectivity index (χ0) is 19.4. The standard InChI is InChI=1S/C24H38N2O/c1-17(2)13-22(25)16-20-9-11-23-21(15-20)14-18(3)26(23)24(27)12-10-19-7-5-4-6-8-19/h9,11,15,17-19,22H,4-8,10,12-14,16,25H2,1-3H3. The first kappa shape index (κ1) is 20.4. The van der Waals surface area contributed by atoms with Crippen LogP contribution in [0.15, 0.2) is 18.2 Å². The Bertz CT molecular complexity index is 633. The maximum atomic E-state index is 13.0. The molecule has 1 aromatic rings. The molecule has 1 aliphatic heterocycles. The molecule has 1 amide bonds. The highest BCUT2D eigenvalue weighted by Gasteiger charge is 2.31. The lowest BCUT2D eigenvalue weighted by Gasteiger charge is -2.25. The van der Waals surface area contributed by atoms with Crippen molar-refractivity contribution in [2.24, 2.45) is 17.6 Å². The van der Waals surface area contributed by atoms with Crippen LogP contribution in [-0.2, 0) is 17.6 Å². The van der Waals surface area contributed by atoms with Gasteiger partial charge in [0.1, 0.15) is 0 Å². The molecule has 0 aromatic heterocycles. The first-order valence-electron chi connectivity index (χ1n) is 11.1. The summed E-state index contributed by atoms with van der Waals surface area (Å²) in [5.74, 6) is 1.72. The predicted molar refractivity (Wildman–Crippen MR) is 114 cm³/mol. The van der Waals surface area contributed by atoms with Crippen LogP contribution in [0, 0.1) is 11.8 Å². The number of nitrogens with zero attached hydrogens (tertiary/aromatic N) is 1. The summed E-state index contributed by atoms with van der Waals surface area (Å²) in [6, 6.07) is 7.13. The van der Waals surface area contributed by atoms with Gasteiger partial charge in [0.05, 0.1) is 0 Å². The summed E-state index contributed by atoms with van der Waals surface area (Å²) >= 11 is 0. The number of benzene rings is 1. The lowest BCUT2D eigenvalue weighted by molar-refractivity contribution is -0.119. The Labute approximate surface area is 165 Å². The van der Waals surface area contributed by atoms with Crippen LogP contribution in [0.5, 0.6) is 0 Å². The summed E-state index contributed by atoms with van der Waals surface area (Å²) in [5, 5.41) is 0. The number of hydrogen-bond donors (Lipinski definition) is 1. The number of nitrogens with two attached hydrogens (primary N) is 1. The van der Waals surface area contributed by atoms with Gasteiger partial charge in [-0.3, -0.25) is 4.79 Å². The van der Waals surface area contributed by atoms with Gasteiger partial charge in [0.2, 0.25) is 5.91 Å². The highest BCUT2D eigenvalue weighted by atomic mass is 16.2. The average Bonchev–Trinajstić information content (AvgIpc) is 2.95. The maximum absolute atomic E-state index is 13.0. The number of fused-ring (bicyclic) bond motifs is 1. The molecule has 1 saturated carbocycles. The van der Waals surface area contributed by atoms with Gasteiger partial charge in [-0.15, -0.1) is 0 Å². The summed E-state index contributed by atoms with van der Waals surface area (Å²) in [4.78, 5) is 15.0. The normalized spacial score (nSPS) is 21.5. The van der Waals surface area contributed by atoms with Crippen LogP contribution in [-0.4, -0.2) is 18.0 Å². The van der Waals surface area contributed by atoms with Crippen molar-refractivity contribution in [3.8, 4) is 0 Å². The molecule has 0 radical (unpaired) electrons. The van der Waals surface area contributed by atoms with Gasteiger partial charge in [-0.2, -0.15) is 0 Å². The molecule has 0 bridgehead atoms. The van der Waals surface area contributed by atoms with E-state index in [1.165, 1.54) is 43.2 Å². The third kappa shape index (κ3) is 5.34. The zero-order valence-corrected chi connectivity index (χ0v) is 17.5. The van der Waals surface area contributed by atoms with Crippen molar-refractivity contribution in [1.82, 2.24) is 0 Å². The molecule has 2 unspecified atom stereocenters. The molecular weight excluding hydrogens is 332 g/mol. The monoisotopic (exact) mass is 370 g/mol. The number of rotatable bonds is 7. The van der Waals surface area contributed by atoms with Gasteiger partial charge in [0.15, 0.2) is 0 Å². The summed E-state index contributed by atoms with van der Waals surface area (Å²) < 4.78 is 0. The van der Waals surface area contributed by atoms with E-state index in [2.05, 4.69) is 43.9 Å². The second-order valence-corrected chi connectivity index (χ2v) is 9.42. The lowest BCUT2D eigenvalue weighted by atomic mass is 9.86. The minimum atomic E-state index is 0.218. The van der Waals surface area contributed by atoms with Gasteiger partial charge >= 0.3 is 0 Å². The second-order valence-electron chi connectivity index (χ2n) is 9.42. The predicted octanol–water partition coefficient (Wildman–Crippen LogP) is 5.24. The topological polar surface area (TPSA) is 46.3 Å². The Morgan fingerprint density at radius 2 is 1.96 bits per heavy atom. The SMILES string of the molecule is CC(C)CC(N)Cc1ccc2c(c1)CC(C)N2C(=O)CCC1CCCCC1. The van der Waals surface area contributed by atoms with E-state index in [1.807, 2.05) is 0 Å². The largest absolute Gasteiger partial charge is 0.327 e. The van der Waals surface area contributed by atoms with Crippen LogP contribution in [0.25, 0.3) is 0 Å². The Morgan fingerprint density at radius 1 is 1.22 bits per heavy atom. The fourth-order valence-electron chi connectivity index (χ4n) is 5.11. The molecule has 27 heavy (non-hydrogen) atoms. The number of carbonyl (C=O) groups excluding carboxylic acids is 1. The van der Waals surface area contributed by atoms with Gasteiger partial charge in [-0.05, 0) is 61.6 Å². The van der Waals surface area contributed by atoms with Gasteiger partial charge in [0, 0.05) is 24.2 Å². The first-order chi connectivity index (χ1) is 12.9. The third-order valence-electron chi connectivity index (χ3n) is 6.39. The molecule has 3 nitrogen and oxygen atoms in total. The molecule has 2 aliphatic rings. The fourth-order valence-corrected chi connectivity index (χ4v) is 5.11. The van der Waals surface area contributed by atoms with Crippen molar-refractivity contribution in [2.45, 2.75) is 97.1 Å². The molecule has 3 rings (SSSR count). The number of amides is 1. The second kappa shape index (κ2) is 9.23. The number of hydrogen-bond acceptors (Lipinski definition) is 2. The summed E-state index contributed by atoms with van der Waals surface area (Å²) in [5.41, 5.74) is 10.1. The molecule has 3 heteroatoms. The van der Waals surface area contributed by atoms with Crippen molar-refractivity contribution in [1.29, 1.82) is 0 Å². The quantitative estimate of drug-likeness (QED) is 0.713. The van der Waals surface area contributed by atoms with Crippen molar-refractivity contribution in [3.63, 3.8) is 0 Å². The third-order valence-corrected chi connectivity index (χ3v) is 6.39. The molecule has 2 atom stereocenters. The van der Waals surface area contributed by atoms with Crippen LogP contribution in [0.4, 0.5) is 5.69 Å². The molecule has 0 saturated heterocycles. The minimum absolute atomic E-state index is 0.218. The molecule has 1 aromatic carbocycles. The van der Waals surface area contributed by atoms with E-state index in [4.69, 9.17) is 5.73 Å². The van der Waals surface area contributed by atoms with E-state index >= 15 is 0 Å². The Balaban J connectivity index is 1.61. The molecule has 1 fully saturated rings. The molecule has 2 N–H and O–H groups in total. The Hall–Kier alpha value is -1.35. The summed E-state index contributed by atoms with van der Waals surface area (Å²) in [6.07, 6.45) is 11.4. The summed E-state index contributed by atoms with van der Waals surface area (Å²) in [6.45, 7) is 6.63. The lowest BCUT2D eigenvalue weighted by Crippen LogP contribution is -2.35. The van der Waals surface area contributed by atoms with Crippen LogP contribution < -0.4 is 10.6 Å². The maximum Gasteiger partial charge on any atom is 0.227 e. The van der Waals surface area contributed by atoms with E-state index in [0.717, 1.165) is 37.3 Å². The van der Waals surface area contributed by atoms with Gasteiger partial charge in [-0.1, -0.05) is 58.1 Å². The molecule has 1 heterocycles. The van der Waals surface area contributed by atoms with Crippen molar-refractivity contribution in [3.05, 3.63) is 29.3 Å². The van der Waals surface area contributed by atoms with Gasteiger partial charge < -0.3 is 10.6 Å². The molecular formula is C24H38N2O.